The first-order valence-electron chi connectivity index (χ1n) is 9.40. The number of carbonyl (C=O) groups is 2. The van der Waals surface area contributed by atoms with E-state index in [0.717, 1.165) is 11.3 Å². The molecule has 6 nitrogen and oxygen atoms in total. The lowest BCUT2D eigenvalue weighted by atomic mass is 9.87. The lowest BCUT2D eigenvalue weighted by Gasteiger charge is -2.21. The summed E-state index contributed by atoms with van der Waals surface area (Å²) in [6, 6.07) is 7.55. The first kappa shape index (κ1) is 21.5. The molecule has 0 atom stereocenters. The van der Waals surface area contributed by atoms with Crippen molar-refractivity contribution in [2.45, 2.75) is 53.5 Å². The summed E-state index contributed by atoms with van der Waals surface area (Å²) in [6.07, 6.45) is 0. The van der Waals surface area contributed by atoms with Crippen molar-refractivity contribution in [1.82, 2.24) is 4.57 Å². The fourth-order valence-electron chi connectivity index (χ4n) is 3.07. The Morgan fingerprint density at radius 2 is 1.82 bits per heavy atom. The highest BCUT2D eigenvalue weighted by atomic mass is 16.5. The third kappa shape index (κ3) is 4.74. The van der Waals surface area contributed by atoms with Crippen LogP contribution in [0, 0.1) is 13.8 Å². The van der Waals surface area contributed by atoms with E-state index in [0.29, 0.717) is 29.3 Å². The number of hydrogen-bond acceptors (Lipinski definition) is 4. The number of esters is 1. The predicted octanol–water partition coefficient (Wildman–Crippen LogP) is 4.23. The van der Waals surface area contributed by atoms with Crippen molar-refractivity contribution < 1.29 is 19.1 Å². The van der Waals surface area contributed by atoms with Crippen molar-refractivity contribution in [2.24, 2.45) is 0 Å². The topological polar surface area (TPSA) is 69.6 Å². The Morgan fingerprint density at radius 1 is 1.14 bits per heavy atom. The average molecular weight is 386 g/mol. The molecule has 0 aliphatic heterocycles. The predicted molar refractivity (Wildman–Crippen MR) is 110 cm³/mol. The first-order chi connectivity index (χ1) is 13.1. The lowest BCUT2D eigenvalue weighted by molar-refractivity contribution is -0.116. The monoisotopic (exact) mass is 386 g/mol. The second-order valence-electron chi connectivity index (χ2n) is 7.80. The molecule has 0 fully saturated rings. The molecule has 2 aromatic rings. The fraction of sp³-hybridized carbons (Fsp3) is 0.455. The minimum absolute atomic E-state index is 0.0477. The van der Waals surface area contributed by atoms with Crippen molar-refractivity contribution in [3.8, 4) is 5.75 Å². The number of benzene rings is 1. The van der Waals surface area contributed by atoms with Crippen LogP contribution in [0.2, 0.25) is 0 Å². The van der Waals surface area contributed by atoms with E-state index in [1.807, 2.05) is 36.6 Å². The van der Waals surface area contributed by atoms with E-state index in [-0.39, 0.29) is 23.8 Å². The van der Waals surface area contributed by atoms with Crippen molar-refractivity contribution in [3.63, 3.8) is 0 Å². The summed E-state index contributed by atoms with van der Waals surface area (Å²) in [6.45, 7) is 12.2. The van der Waals surface area contributed by atoms with Gasteiger partial charge in [0.2, 0.25) is 5.91 Å². The molecule has 1 heterocycles. The molecule has 6 heteroatoms. The van der Waals surface area contributed by atoms with Crippen molar-refractivity contribution in [1.29, 1.82) is 0 Å². The van der Waals surface area contributed by atoms with Gasteiger partial charge >= 0.3 is 5.97 Å². The van der Waals surface area contributed by atoms with Gasteiger partial charge in [0.05, 0.1) is 25.0 Å². The van der Waals surface area contributed by atoms with Crippen molar-refractivity contribution in [2.75, 3.05) is 19.0 Å². The van der Waals surface area contributed by atoms with Crippen LogP contribution in [-0.4, -0.2) is 30.2 Å². The van der Waals surface area contributed by atoms with Crippen LogP contribution in [-0.2, 0) is 21.5 Å². The molecular formula is C22H30N2O4. The number of nitrogens with zero attached hydrogens (tertiary/aromatic N) is 1. The Kier molecular flexibility index (Phi) is 6.54. The molecule has 0 aliphatic rings. The van der Waals surface area contributed by atoms with Gasteiger partial charge in [-0.1, -0.05) is 26.8 Å². The number of hydrogen-bond donors (Lipinski definition) is 1. The normalized spacial score (nSPS) is 11.2. The molecule has 0 aliphatic carbocycles. The summed E-state index contributed by atoms with van der Waals surface area (Å²) in [5, 5.41) is 2.94. The highest BCUT2D eigenvalue weighted by Crippen LogP contribution is 2.31. The molecule has 28 heavy (non-hydrogen) atoms. The number of methoxy groups -OCH3 is 1. The summed E-state index contributed by atoms with van der Waals surface area (Å²) in [7, 11) is 1.58. The number of rotatable bonds is 6. The van der Waals surface area contributed by atoms with Crippen LogP contribution in [0.15, 0.2) is 24.3 Å². The van der Waals surface area contributed by atoms with Gasteiger partial charge in [0.1, 0.15) is 12.3 Å². The van der Waals surface area contributed by atoms with Gasteiger partial charge in [-0.05, 0) is 49.9 Å². The second kappa shape index (κ2) is 8.50. The standard InChI is InChI=1S/C22H30N2O4/c1-8-28-21(26)17-11-14(2)24(15(17)3)13-20(25)23-18-12-16(22(4,5)6)9-10-19(18)27-7/h9-12H,8,13H2,1-7H3,(H,23,25). The molecule has 152 valence electrons. The summed E-state index contributed by atoms with van der Waals surface area (Å²) in [5.74, 6) is 0.0397. The number of anilines is 1. The van der Waals surface area contributed by atoms with Gasteiger partial charge in [-0.3, -0.25) is 4.79 Å². The maximum Gasteiger partial charge on any atom is 0.339 e. The van der Waals surface area contributed by atoms with Crippen molar-refractivity contribution >= 4 is 17.6 Å². The number of aryl methyl sites for hydroxylation is 1. The van der Waals surface area contributed by atoms with E-state index in [1.54, 1.807) is 20.1 Å². The number of ether oxygens (including phenoxy) is 2. The van der Waals surface area contributed by atoms with Gasteiger partial charge in [0, 0.05) is 11.4 Å². The van der Waals surface area contributed by atoms with Crippen LogP contribution >= 0.6 is 0 Å². The van der Waals surface area contributed by atoms with E-state index in [9.17, 15) is 9.59 Å². The molecule has 0 unspecified atom stereocenters. The zero-order valence-corrected chi connectivity index (χ0v) is 17.8. The van der Waals surface area contributed by atoms with Crippen LogP contribution in [0.5, 0.6) is 5.75 Å². The zero-order valence-electron chi connectivity index (χ0n) is 17.8. The SMILES string of the molecule is CCOC(=O)c1cc(C)n(CC(=O)Nc2cc(C(C)(C)C)ccc2OC)c1C. The number of aromatic nitrogens is 1. The third-order valence-electron chi connectivity index (χ3n) is 4.71. The molecule has 0 radical (unpaired) electrons. The van der Waals surface area contributed by atoms with E-state index in [2.05, 4.69) is 26.1 Å². The first-order valence-corrected chi connectivity index (χ1v) is 9.40. The highest BCUT2D eigenvalue weighted by Gasteiger charge is 2.20. The molecule has 1 aromatic carbocycles. The van der Waals surface area contributed by atoms with E-state index >= 15 is 0 Å². The van der Waals surface area contributed by atoms with Crippen LogP contribution in [0.3, 0.4) is 0 Å². The Bertz CT molecular complexity index is 875. The molecular weight excluding hydrogens is 356 g/mol. The van der Waals surface area contributed by atoms with Crippen LogP contribution in [0.4, 0.5) is 5.69 Å². The Morgan fingerprint density at radius 3 is 2.39 bits per heavy atom. The molecule has 2 rings (SSSR count). The molecule has 0 spiro atoms. The Hall–Kier alpha value is -2.76. The summed E-state index contributed by atoms with van der Waals surface area (Å²) in [4.78, 5) is 24.8. The quantitative estimate of drug-likeness (QED) is 0.755. The lowest BCUT2D eigenvalue weighted by Crippen LogP contribution is -2.21. The third-order valence-corrected chi connectivity index (χ3v) is 4.71. The van der Waals surface area contributed by atoms with Gasteiger partial charge in [0.25, 0.3) is 0 Å². The van der Waals surface area contributed by atoms with Crippen molar-refractivity contribution in [3.05, 3.63) is 46.8 Å². The smallest absolute Gasteiger partial charge is 0.339 e. The second-order valence-corrected chi connectivity index (χ2v) is 7.80. The molecule has 1 N–H and O–H groups in total. The number of carbonyl (C=O) groups excluding carboxylic acids is 2. The number of amides is 1. The Balaban J connectivity index is 2.25. The highest BCUT2D eigenvalue weighted by molar-refractivity contribution is 5.94. The van der Waals surface area contributed by atoms with E-state index in [1.165, 1.54) is 0 Å². The van der Waals surface area contributed by atoms with Gasteiger partial charge < -0.3 is 19.4 Å². The summed E-state index contributed by atoms with van der Waals surface area (Å²) >= 11 is 0. The molecule has 1 amide bonds. The van der Waals surface area contributed by atoms with Crippen LogP contribution < -0.4 is 10.1 Å². The van der Waals surface area contributed by atoms with Gasteiger partial charge in [-0.15, -0.1) is 0 Å². The molecule has 1 aromatic heterocycles. The maximum absolute atomic E-state index is 12.7. The van der Waals surface area contributed by atoms with Gasteiger partial charge in [-0.25, -0.2) is 4.79 Å². The largest absolute Gasteiger partial charge is 0.495 e. The minimum atomic E-state index is -0.373. The molecule has 0 saturated heterocycles. The molecule has 0 bridgehead atoms. The zero-order chi connectivity index (χ0) is 21.1. The maximum atomic E-state index is 12.7. The summed E-state index contributed by atoms with van der Waals surface area (Å²) in [5.41, 5.74) is 3.70. The van der Waals surface area contributed by atoms with E-state index in [4.69, 9.17) is 9.47 Å². The summed E-state index contributed by atoms with van der Waals surface area (Å²) < 4.78 is 12.3. The molecule has 0 saturated carbocycles. The van der Waals surface area contributed by atoms with Gasteiger partial charge in [0.15, 0.2) is 0 Å². The van der Waals surface area contributed by atoms with Gasteiger partial charge in [-0.2, -0.15) is 0 Å². The minimum Gasteiger partial charge on any atom is -0.495 e. The Labute approximate surface area is 166 Å². The fourth-order valence-corrected chi connectivity index (χ4v) is 3.07. The van der Waals surface area contributed by atoms with Crippen LogP contribution in [0.1, 0.15) is 55.0 Å². The van der Waals surface area contributed by atoms with E-state index < -0.39 is 0 Å². The number of nitrogens with one attached hydrogen (secondary N) is 1. The van der Waals surface area contributed by atoms with Crippen LogP contribution in [0.25, 0.3) is 0 Å². The average Bonchev–Trinajstić information content (AvgIpc) is 2.89.